The first-order chi connectivity index (χ1) is 10.6. The lowest BCUT2D eigenvalue weighted by Crippen LogP contribution is -2.39. The molecule has 6 nitrogen and oxygen atoms in total. The maximum absolute atomic E-state index is 12.2. The SMILES string of the molecule is N#CCCNC(=O)C(=O)[C@H]1CNC(=O)[C@@H]1Cc1ccccc1. The Morgan fingerprint density at radius 1 is 1.32 bits per heavy atom. The summed E-state index contributed by atoms with van der Waals surface area (Å²) in [5, 5.41) is 13.5. The number of ketones is 1. The topological polar surface area (TPSA) is 99.1 Å². The minimum absolute atomic E-state index is 0.137. The van der Waals surface area contributed by atoms with E-state index in [2.05, 4.69) is 10.6 Å². The van der Waals surface area contributed by atoms with Crippen molar-refractivity contribution in [2.45, 2.75) is 12.8 Å². The fourth-order valence-electron chi connectivity index (χ4n) is 2.53. The highest BCUT2D eigenvalue weighted by Gasteiger charge is 2.41. The first-order valence-electron chi connectivity index (χ1n) is 7.14. The maximum Gasteiger partial charge on any atom is 0.287 e. The molecule has 1 aromatic carbocycles. The third kappa shape index (κ3) is 3.70. The molecular formula is C16H17N3O3. The number of nitriles is 1. The summed E-state index contributed by atoms with van der Waals surface area (Å²) in [6.07, 6.45) is 0.572. The van der Waals surface area contributed by atoms with Crippen molar-refractivity contribution in [3.63, 3.8) is 0 Å². The van der Waals surface area contributed by atoms with Crippen LogP contribution in [-0.4, -0.2) is 30.7 Å². The van der Waals surface area contributed by atoms with Gasteiger partial charge in [-0.2, -0.15) is 5.26 Å². The Balaban J connectivity index is 2.02. The van der Waals surface area contributed by atoms with Crippen molar-refractivity contribution in [2.75, 3.05) is 13.1 Å². The molecule has 0 aromatic heterocycles. The predicted octanol–water partition coefficient (Wildman–Crippen LogP) is 0.190. The number of benzene rings is 1. The minimum Gasteiger partial charge on any atom is -0.355 e. The summed E-state index contributed by atoms with van der Waals surface area (Å²) in [4.78, 5) is 35.9. The van der Waals surface area contributed by atoms with Gasteiger partial charge in [-0.05, 0) is 12.0 Å². The van der Waals surface area contributed by atoms with Gasteiger partial charge in [-0.15, -0.1) is 0 Å². The van der Waals surface area contributed by atoms with E-state index in [4.69, 9.17) is 5.26 Å². The van der Waals surface area contributed by atoms with Crippen LogP contribution in [0, 0.1) is 23.2 Å². The summed E-state index contributed by atoms with van der Waals surface area (Å²) in [6, 6.07) is 11.3. The van der Waals surface area contributed by atoms with E-state index in [9.17, 15) is 14.4 Å². The van der Waals surface area contributed by atoms with Gasteiger partial charge in [0.05, 0.1) is 24.3 Å². The van der Waals surface area contributed by atoms with Gasteiger partial charge in [0.1, 0.15) is 0 Å². The van der Waals surface area contributed by atoms with Crippen LogP contribution < -0.4 is 10.6 Å². The van der Waals surface area contributed by atoms with Gasteiger partial charge in [0.2, 0.25) is 11.7 Å². The molecule has 2 N–H and O–H groups in total. The average Bonchev–Trinajstić information content (AvgIpc) is 2.89. The van der Waals surface area contributed by atoms with Crippen molar-refractivity contribution in [1.82, 2.24) is 10.6 Å². The summed E-state index contributed by atoms with van der Waals surface area (Å²) >= 11 is 0. The molecule has 1 fully saturated rings. The predicted molar refractivity (Wildman–Crippen MR) is 78.4 cm³/mol. The molecule has 1 aromatic rings. The van der Waals surface area contributed by atoms with Crippen LogP contribution in [0.5, 0.6) is 0 Å². The van der Waals surface area contributed by atoms with Gasteiger partial charge in [0, 0.05) is 13.1 Å². The normalized spacial score (nSPS) is 20.0. The van der Waals surface area contributed by atoms with Crippen LogP contribution >= 0.6 is 0 Å². The highest BCUT2D eigenvalue weighted by Crippen LogP contribution is 2.23. The van der Waals surface area contributed by atoms with Gasteiger partial charge in [-0.25, -0.2) is 0 Å². The lowest BCUT2D eigenvalue weighted by Gasteiger charge is -2.15. The van der Waals surface area contributed by atoms with Crippen LogP contribution in [0.2, 0.25) is 0 Å². The highest BCUT2D eigenvalue weighted by molar-refractivity contribution is 6.37. The Hall–Kier alpha value is -2.68. The van der Waals surface area contributed by atoms with Crippen LogP contribution in [-0.2, 0) is 20.8 Å². The number of carbonyl (C=O) groups is 3. The molecule has 2 atom stereocenters. The van der Waals surface area contributed by atoms with E-state index in [1.165, 1.54) is 0 Å². The van der Waals surface area contributed by atoms with Crippen LogP contribution in [0.25, 0.3) is 0 Å². The molecule has 0 aliphatic carbocycles. The molecule has 0 radical (unpaired) electrons. The summed E-state index contributed by atoms with van der Waals surface area (Å²) in [5.74, 6) is -2.72. The molecule has 2 amide bonds. The van der Waals surface area contributed by atoms with Gasteiger partial charge < -0.3 is 10.6 Å². The maximum atomic E-state index is 12.2. The number of nitrogens with zero attached hydrogens (tertiary/aromatic N) is 1. The second kappa shape index (κ2) is 7.36. The van der Waals surface area contributed by atoms with Crippen LogP contribution in [0.4, 0.5) is 0 Å². The first-order valence-corrected chi connectivity index (χ1v) is 7.14. The van der Waals surface area contributed by atoms with Gasteiger partial charge in [0.25, 0.3) is 5.91 Å². The molecule has 0 bridgehead atoms. The van der Waals surface area contributed by atoms with E-state index in [1.807, 2.05) is 36.4 Å². The Morgan fingerprint density at radius 2 is 2.05 bits per heavy atom. The number of nitrogens with one attached hydrogen (secondary N) is 2. The van der Waals surface area contributed by atoms with Crippen molar-refractivity contribution in [3.05, 3.63) is 35.9 Å². The van der Waals surface area contributed by atoms with E-state index in [0.29, 0.717) is 6.42 Å². The quantitative estimate of drug-likeness (QED) is 0.578. The summed E-state index contributed by atoms with van der Waals surface area (Å²) in [5.41, 5.74) is 0.951. The van der Waals surface area contributed by atoms with Gasteiger partial charge in [-0.3, -0.25) is 14.4 Å². The molecule has 1 heterocycles. The summed E-state index contributed by atoms with van der Waals surface area (Å²) < 4.78 is 0. The number of carbonyl (C=O) groups excluding carboxylic acids is 3. The smallest absolute Gasteiger partial charge is 0.287 e. The van der Waals surface area contributed by atoms with Crippen LogP contribution in [0.1, 0.15) is 12.0 Å². The molecule has 0 unspecified atom stereocenters. The number of Topliss-reactive ketones (excluding diaryl/α,β-unsaturated/α-hetero) is 1. The minimum atomic E-state index is -0.727. The first kappa shape index (κ1) is 15.7. The highest BCUT2D eigenvalue weighted by atomic mass is 16.2. The lowest BCUT2D eigenvalue weighted by atomic mass is 9.86. The van der Waals surface area contributed by atoms with Crippen molar-refractivity contribution >= 4 is 17.6 Å². The second-order valence-corrected chi connectivity index (χ2v) is 5.18. The van der Waals surface area contributed by atoms with Crippen molar-refractivity contribution in [2.24, 2.45) is 11.8 Å². The third-order valence-corrected chi connectivity index (χ3v) is 3.70. The zero-order chi connectivity index (χ0) is 15.9. The van der Waals surface area contributed by atoms with Gasteiger partial charge >= 0.3 is 0 Å². The lowest BCUT2D eigenvalue weighted by molar-refractivity contribution is -0.141. The van der Waals surface area contributed by atoms with E-state index in [1.54, 1.807) is 0 Å². The van der Waals surface area contributed by atoms with E-state index in [-0.39, 0.29) is 25.4 Å². The molecule has 1 aliphatic heterocycles. The van der Waals surface area contributed by atoms with Crippen LogP contribution in [0.15, 0.2) is 30.3 Å². The van der Waals surface area contributed by atoms with Gasteiger partial charge in [-0.1, -0.05) is 30.3 Å². The fraction of sp³-hybridized carbons (Fsp3) is 0.375. The largest absolute Gasteiger partial charge is 0.355 e. The molecule has 0 saturated carbocycles. The number of hydrogen-bond acceptors (Lipinski definition) is 4. The van der Waals surface area contributed by atoms with Crippen molar-refractivity contribution in [3.8, 4) is 6.07 Å². The monoisotopic (exact) mass is 299 g/mol. The van der Waals surface area contributed by atoms with Crippen molar-refractivity contribution in [1.29, 1.82) is 5.26 Å². The molecule has 6 heteroatoms. The number of rotatable bonds is 6. The Bertz CT molecular complexity index is 607. The van der Waals surface area contributed by atoms with E-state index >= 15 is 0 Å². The zero-order valence-corrected chi connectivity index (χ0v) is 12.0. The van der Waals surface area contributed by atoms with Gasteiger partial charge in [0.15, 0.2) is 0 Å². The molecule has 22 heavy (non-hydrogen) atoms. The molecule has 114 valence electrons. The molecule has 0 spiro atoms. The zero-order valence-electron chi connectivity index (χ0n) is 12.0. The third-order valence-electron chi connectivity index (χ3n) is 3.70. The second-order valence-electron chi connectivity index (χ2n) is 5.18. The molecule has 1 aliphatic rings. The van der Waals surface area contributed by atoms with E-state index < -0.39 is 23.5 Å². The van der Waals surface area contributed by atoms with Crippen molar-refractivity contribution < 1.29 is 14.4 Å². The Labute approximate surface area is 128 Å². The molecule has 2 rings (SSSR count). The number of amides is 2. The summed E-state index contributed by atoms with van der Waals surface area (Å²) in [7, 11) is 0. The van der Waals surface area contributed by atoms with E-state index in [0.717, 1.165) is 5.56 Å². The Morgan fingerprint density at radius 3 is 2.73 bits per heavy atom. The standard InChI is InChI=1S/C16H17N3O3/c17-7-4-8-18-16(22)14(20)13-10-19-15(21)12(13)9-11-5-2-1-3-6-11/h1-3,5-6,12-13H,4,8-10H2,(H,18,22)(H,19,21)/t12-,13+/m1/s1. The Kier molecular flexibility index (Phi) is 5.26. The molecular weight excluding hydrogens is 282 g/mol. The fourth-order valence-corrected chi connectivity index (χ4v) is 2.53. The molecule has 1 saturated heterocycles. The number of hydrogen-bond donors (Lipinski definition) is 2. The average molecular weight is 299 g/mol. The summed E-state index contributed by atoms with van der Waals surface area (Å²) in [6.45, 7) is 0.319. The van der Waals surface area contributed by atoms with Crippen LogP contribution in [0.3, 0.4) is 0 Å².